The van der Waals surface area contributed by atoms with Gasteiger partial charge in [0.25, 0.3) is 0 Å². The molecule has 0 spiro atoms. The van der Waals surface area contributed by atoms with Crippen LogP contribution < -0.4 is 0 Å². The maximum absolute atomic E-state index is 5.12. The van der Waals surface area contributed by atoms with Crippen molar-refractivity contribution in [3.63, 3.8) is 0 Å². The first kappa shape index (κ1) is 14.6. The molecule has 0 bridgehead atoms. The molecule has 1 aromatic heterocycles. The molecule has 0 saturated heterocycles. The first-order valence-corrected chi connectivity index (χ1v) is 5.51. The zero-order valence-corrected chi connectivity index (χ0v) is 12.3. The van der Waals surface area contributed by atoms with Gasteiger partial charge in [0.05, 0.1) is 12.0 Å². The zero-order chi connectivity index (χ0) is 11.9. The van der Waals surface area contributed by atoms with Gasteiger partial charge in [-0.25, -0.2) is 0 Å². The summed E-state index contributed by atoms with van der Waals surface area (Å²) in [7, 11) is 0. The second-order valence-electron chi connectivity index (χ2n) is 3.66. The quantitative estimate of drug-likeness (QED) is 0.552. The SMILES string of the molecule is C=COCc1cccc(Cc2[c-]cccc2)n1.[Ir]. The fourth-order valence-electron chi connectivity index (χ4n) is 1.59. The van der Waals surface area contributed by atoms with Gasteiger partial charge in [0.15, 0.2) is 0 Å². The number of benzene rings is 1. The van der Waals surface area contributed by atoms with Gasteiger partial charge in [-0.2, -0.15) is 35.9 Å². The van der Waals surface area contributed by atoms with Crippen LogP contribution in [-0.4, -0.2) is 4.98 Å². The third-order valence-corrected chi connectivity index (χ3v) is 2.36. The van der Waals surface area contributed by atoms with E-state index in [1.54, 1.807) is 0 Å². The van der Waals surface area contributed by atoms with Crippen LogP contribution in [-0.2, 0) is 37.9 Å². The summed E-state index contributed by atoms with van der Waals surface area (Å²) in [6, 6.07) is 17.1. The topological polar surface area (TPSA) is 22.1 Å². The van der Waals surface area contributed by atoms with Gasteiger partial charge in [-0.05, 0) is 18.6 Å². The van der Waals surface area contributed by atoms with Crippen molar-refractivity contribution in [1.29, 1.82) is 0 Å². The van der Waals surface area contributed by atoms with Crippen LogP contribution in [0.1, 0.15) is 17.0 Å². The van der Waals surface area contributed by atoms with E-state index in [0.29, 0.717) is 6.61 Å². The average Bonchev–Trinajstić information content (AvgIpc) is 2.38. The molecule has 1 aromatic carbocycles. The van der Waals surface area contributed by atoms with Crippen molar-refractivity contribution in [3.05, 3.63) is 78.3 Å². The number of hydrogen-bond donors (Lipinski definition) is 0. The minimum Gasteiger partial charge on any atom is -0.496 e. The van der Waals surface area contributed by atoms with Crippen LogP contribution in [0.4, 0.5) is 0 Å². The fourth-order valence-corrected chi connectivity index (χ4v) is 1.59. The van der Waals surface area contributed by atoms with Gasteiger partial charge < -0.3 is 4.74 Å². The molecule has 0 aliphatic heterocycles. The summed E-state index contributed by atoms with van der Waals surface area (Å²) in [5.74, 6) is 0. The summed E-state index contributed by atoms with van der Waals surface area (Å²) in [5.41, 5.74) is 3.08. The first-order chi connectivity index (χ1) is 8.38. The number of ether oxygens (including phenoxy) is 1. The van der Waals surface area contributed by atoms with Gasteiger partial charge in [-0.15, -0.1) is 0 Å². The Bertz CT molecular complexity index is 485. The fraction of sp³-hybridized carbons (Fsp3) is 0.133. The molecule has 0 unspecified atom stereocenters. The molecule has 3 heteroatoms. The number of aromatic nitrogens is 1. The van der Waals surface area contributed by atoms with Crippen LogP contribution in [0.2, 0.25) is 0 Å². The van der Waals surface area contributed by atoms with Crippen molar-refractivity contribution < 1.29 is 24.8 Å². The van der Waals surface area contributed by atoms with E-state index in [4.69, 9.17) is 4.74 Å². The summed E-state index contributed by atoms with van der Waals surface area (Å²) in [5, 5.41) is 0. The van der Waals surface area contributed by atoms with E-state index < -0.39 is 0 Å². The zero-order valence-electron chi connectivity index (χ0n) is 9.93. The largest absolute Gasteiger partial charge is 0.496 e. The van der Waals surface area contributed by atoms with Crippen molar-refractivity contribution in [2.45, 2.75) is 13.0 Å². The van der Waals surface area contributed by atoms with Gasteiger partial charge in [0, 0.05) is 25.8 Å². The van der Waals surface area contributed by atoms with Crippen molar-refractivity contribution in [3.8, 4) is 0 Å². The smallest absolute Gasteiger partial charge is 0.129 e. The maximum Gasteiger partial charge on any atom is 0.129 e. The predicted octanol–water partition coefficient (Wildman–Crippen LogP) is 3.13. The molecule has 0 amide bonds. The van der Waals surface area contributed by atoms with Crippen LogP contribution in [0, 0.1) is 6.07 Å². The normalized spacial score (nSPS) is 9.33. The van der Waals surface area contributed by atoms with Crippen LogP contribution in [0.25, 0.3) is 0 Å². The van der Waals surface area contributed by atoms with Crippen molar-refractivity contribution in [1.82, 2.24) is 4.98 Å². The summed E-state index contributed by atoms with van der Waals surface area (Å²) >= 11 is 0. The predicted molar refractivity (Wildman–Crippen MR) is 67.3 cm³/mol. The third-order valence-electron chi connectivity index (χ3n) is 2.36. The first-order valence-electron chi connectivity index (χ1n) is 5.51. The average molecular weight is 416 g/mol. The Morgan fingerprint density at radius 2 is 2.00 bits per heavy atom. The molecule has 0 N–H and O–H groups in total. The molecule has 0 atom stereocenters. The van der Waals surface area contributed by atoms with Crippen LogP contribution >= 0.6 is 0 Å². The third kappa shape index (κ3) is 4.44. The molecule has 1 radical (unpaired) electrons. The van der Waals surface area contributed by atoms with Gasteiger partial charge in [-0.1, -0.05) is 12.6 Å². The molecular formula is C15H14IrNO-. The molecule has 0 saturated carbocycles. The van der Waals surface area contributed by atoms with E-state index in [2.05, 4.69) is 23.7 Å². The minimum atomic E-state index is 0. The molecule has 2 nitrogen and oxygen atoms in total. The van der Waals surface area contributed by atoms with E-state index in [-0.39, 0.29) is 20.1 Å². The molecule has 0 aliphatic carbocycles. The molecule has 0 fully saturated rings. The van der Waals surface area contributed by atoms with E-state index in [1.165, 1.54) is 6.26 Å². The minimum absolute atomic E-state index is 0. The van der Waals surface area contributed by atoms with Crippen LogP contribution in [0.5, 0.6) is 0 Å². The summed E-state index contributed by atoms with van der Waals surface area (Å²) in [6.07, 6.45) is 2.22. The number of rotatable bonds is 5. The Hall–Kier alpha value is -1.44. The molecule has 18 heavy (non-hydrogen) atoms. The Balaban J connectivity index is 0.00000162. The van der Waals surface area contributed by atoms with E-state index in [9.17, 15) is 0 Å². The van der Waals surface area contributed by atoms with Crippen LogP contribution in [0.3, 0.4) is 0 Å². The second-order valence-corrected chi connectivity index (χ2v) is 3.66. The Kier molecular flexibility index (Phi) is 6.34. The van der Waals surface area contributed by atoms with Gasteiger partial charge in [-0.3, -0.25) is 4.98 Å². The molecule has 0 aliphatic rings. The molecule has 95 valence electrons. The van der Waals surface area contributed by atoms with E-state index in [0.717, 1.165) is 23.4 Å². The summed E-state index contributed by atoms with van der Waals surface area (Å²) in [6.45, 7) is 3.98. The van der Waals surface area contributed by atoms with Gasteiger partial charge >= 0.3 is 0 Å². The van der Waals surface area contributed by atoms with Gasteiger partial charge in [0.1, 0.15) is 6.61 Å². The number of pyridine rings is 1. The summed E-state index contributed by atoms with van der Waals surface area (Å²) < 4.78 is 5.12. The summed E-state index contributed by atoms with van der Waals surface area (Å²) in [4.78, 5) is 4.51. The molecule has 2 aromatic rings. The Morgan fingerprint density at radius 1 is 1.17 bits per heavy atom. The second kappa shape index (κ2) is 7.80. The van der Waals surface area contributed by atoms with Crippen molar-refractivity contribution in [2.24, 2.45) is 0 Å². The molecule has 1 heterocycles. The molecular weight excluding hydrogens is 402 g/mol. The molecule has 2 rings (SSSR count). The van der Waals surface area contributed by atoms with Crippen molar-refractivity contribution >= 4 is 0 Å². The Labute approximate surface area is 121 Å². The monoisotopic (exact) mass is 417 g/mol. The standard InChI is InChI=1S/C15H14NO.Ir/c1-2-17-12-15-10-6-9-14(16-15)11-13-7-4-3-5-8-13;/h2-7,9-10H,1,11-12H2;/q-1;. The van der Waals surface area contributed by atoms with Gasteiger partial charge in [0.2, 0.25) is 0 Å². The van der Waals surface area contributed by atoms with E-state index >= 15 is 0 Å². The number of nitrogens with zero attached hydrogens (tertiary/aromatic N) is 1. The van der Waals surface area contributed by atoms with E-state index in [1.807, 2.05) is 36.4 Å². The van der Waals surface area contributed by atoms with Crippen LogP contribution in [0.15, 0.2) is 55.3 Å². The Morgan fingerprint density at radius 3 is 2.72 bits per heavy atom. The van der Waals surface area contributed by atoms with Crippen molar-refractivity contribution in [2.75, 3.05) is 0 Å². The number of hydrogen-bond acceptors (Lipinski definition) is 2. The maximum atomic E-state index is 5.12.